The minimum atomic E-state index is 0.726. The lowest BCUT2D eigenvalue weighted by molar-refractivity contribution is 0.146. The standard InChI is InChI=1S/C10H17NO/c1-2-8-12-11-9-10-6-4-3-5-7-10/h6,9H,2-5,7-8H2,1H3. The Morgan fingerprint density at radius 2 is 2.50 bits per heavy atom. The predicted octanol–water partition coefficient (Wildman–Crippen LogP) is 2.90. The van der Waals surface area contributed by atoms with Gasteiger partial charge in [0.25, 0.3) is 0 Å². The molecule has 1 aliphatic rings. The van der Waals surface area contributed by atoms with Crippen molar-refractivity contribution in [3.63, 3.8) is 0 Å². The first-order valence-corrected chi connectivity index (χ1v) is 4.78. The van der Waals surface area contributed by atoms with Crippen molar-refractivity contribution in [2.24, 2.45) is 5.16 Å². The van der Waals surface area contributed by atoms with Crippen molar-refractivity contribution in [2.75, 3.05) is 6.61 Å². The van der Waals surface area contributed by atoms with Crippen LogP contribution in [0.2, 0.25) is 0 Å². The van der Waals surface area contributed by atoms with Crippen molar-refractivity contribution in [2.45, 2.75) is 39.0 Å². The Morgan fingerprint density at radius 1 is 1.58 bits per heavy atom. The van der Waals surface area contributed by atoms with E-state index in [1.54, 1.807) is 0 Å². The molecule has 0 N–H and O–H groups in total. The average Bonchev–Trinajstić information content (AvgIpc) is 2.14. The van der Waals surface area contributed by atoms with Crippen molar-refractivity contribution >= 4 is 6.21 Å². The second-order valence-corrected chi connectivity index (χ2v) is 3.09. The van der Waals surface area contributed by atoms with Gasteiger partial charge >= 0.3 is 0 Å². The largest absolute Gasteiger partial charge is 0.396 e. The van der Waals surface area contributed by atoms with Crippen LogP contribution in [0.1, 0.15) is 39.0 Å². The molecule has 68 valence electrons. The molecule has 1 rings (SSSR count). The Labute approximate surface area is 74.3 Å². The molecule has 0 aromatic heterocycles. The minimum absolute atomic E-state index is 0.726. The van der Waals surface area contributed by atoms with Gasteiger partial charge in [-0.1, -0.05) is 18.2 Å². The molecule has 0 saturated carbocycles. The highest BCUT2D eigenvalue weighted by Crippen LogP contribution is 2.15. The van der Waals surface area contributed by atoms with E-state index in [2.05, 4.69) is 18.2 Å². The first-order chi connectivity index (χ1) is 5.93. The van der Waals surface area contributed by atoms with Gasteiger partial charge in [0.05, 0.1) is 6.21 Å². The molecule has 0 amide bonds. The smallest absolute Gasteiger partial charge is 0.116 e. The summed E-state index contributed by atoms with van der Waals surface area (Å²) in [6.07, 6.45) is 10.1. The Hall–Kier alpha value is -0.790. The lowest BCUT2D eigenvalue weighted by atomic mass is 10.0. The monoisotopic (exact) mass is 167 g/mol. The van der Waals surface area contributed by atoms with E-state index in [0.29, 0.717) is 0 Å². The van der Waals surface area contributed by atoms with E-state index in [-0.39, 0.29) is 0 Å². The fraction of sp³-hybridized carbons (Fsp3) is 0.700. The van der Waals surface area contributed by atoms with Crippen LogP contribution in [0.15, 0.2) is 16.8 Å². The highest BCUT2D eigenvalue weighted by Gasteiger charge is 1.99. The van der Waals surface area contributed by atoms with Gasteiger partial charge < -0.3 is 4.84 Å². The van der Waals surface area contributed by atoms with Crippen molar-refractivity contribution < 1.29 is 4.84 Å². The van der Waals surface area contributed by atoms with Gasteiger partial charge in [-0.3, -0.25) is 0 Å². The fourth-order valence-corrected chi connectivity index (χ4v) is 1.23. The number of nitrogens with zero attached hydrogens (tertiary/aromatic N) is 1. The molecule has 2 nitrogen and oxygen atoms in total. The molecule has 0 aromatic rings. The summed E-state index contributed by atoms with van der Waals surface area (Å²) in [4.78, 5) is 5.01. The Kier molecular flexibility index (Phi) is 4.50. The van der Waals surface area contributed by atoms with Crippen LogP contribution in [0.5, 0.6) is 0 Å². The molecule has 2 heteroatoms. The number of rotatable bonds is 4. The van der Waals surface area contributed by atoms with E-state index >= 15 is 0 Å². The predicted molar refractivity (Wildman–Crippen MR) is 51.3 cm³/mol. The molecule has 12 heavy (non-hydrogen) atoms. The number of allylic oxidation sites excluding steroid dienone is 2. The lowest BCUT2D eigenvalue weighted by Gasteiger charge is -2.06. The Balaban J connectivity index is 2.19. The zero-order valence-electron chi connectivity index (χ0n) is 7.75. The lowest BCUT2D eigenvalue weighted by Crippen LogP contribution is -1.93. The summed E-state index contributed by atoms with van der Waals surface area (Å²) >= 11 is 0. The fourth-order valence-electron chi connectivity index (χ4n) is 1.23. The Bertz CT molecular complexity index is 173. The van der Waals surface area contributed by atoms with Crippen molar-refractivity contribution in [1.29, 1.82) is 0 Å². The molecular formula is C10H17NO. The summed E-state index contributed by atoms with van der Waals surface area (Å²) in [6.45, 7) is 2.80. The summed E-state index contributed by atoms with van der Waals surface area (Å²) in [7, 11) is 0. The van der Waals surface area contributed by atoms with Crippen LogP contribution in [0.4, 0.5) is 0 Å². The topological polar surface area (TPSA) is 21.6 Å². The van der Waals surface area contributed by atoms with Crippen molar-refractivity contribution in [1.82, 2.24) is 0 Å². The summed E-state index contributed by atoms with van der Waals surface area (Å²) in [5.74, 6) is 0. The van der Waals surface area contributed by atoms with Crippen LogP contribution in [0.25, 0.3) is 0 Å². The molecule has 0 spiro atoms. The summed E-state index contributed by atoms with van der Waals surface area (Å²) in [5, 5.41) is 3.89. The molecule has 0 fully saturated rings. The first-order valence-electron chi connectivity index (χ1n) is 4.78. The molecular weight excluding hydrogens is 150 g/mol. The van der Waals surface area contributed by atoms with Gasteiger partial charge in [0.15, 0.2) is 0 Å². The Morgan fingerprint density at radius 3 is 3.17 bits per heavy atom. The second kappa shape index (κ2) is 5.81. The quantitative estimate of drug-likeness (QED) is 0.358. The van der Waals surface area contributed by atoms with E-state index in [1.807, 2.05) is 6.21 Å². The van der Waals surface area contributed by atoms with Crippen LogP contribution >= 0.6 is 0 Å². The van der Waals surface area contributed by atoms with Gasteiger partial charge in [-0.05, 0) is 37.7 Å². The van der Waals surface area contributed by atoms with Gasteiger partial charge in [-0.25, -0.2) is 0 Å². The molecule has 0 radical (unpaired) electrons. The van der Waals surface area contributed by atoms with Crippen LogP contribution in [-0.4, -0.2) is 12.8 Å². The number of hydrogen-bond donors (Lipinski definition) is 0. The van der Waals surface area contributed by atoms with E-state index < -0.39 is 0 Å². The normalized spacial score (nSPS) is 17.9. The van der Waals surface area contributed by atoms with Gasteiger partial charge in [-0.15, -0.1) is 0 Å². The molecule has 1 aliphatic carbocycles. The number of oxime groups is 1. The van der Waals surface area contributed by atoms with Crippen LogP contribution in [0, 0.1) is 0 Å². The molecule has 0 saturated heterocycles. The van der Waals surface area contributed by atoms with Crippen molar-refractivity contribution in [3.8, 4) is 0 Å². The van der Waals surface area contributed by atoms with Gasteiger partial charge in [0, 0.05) is 0 Å². The zero-order valence-corrected chi connectivity index (χ0v) is 7.75. The van der Waals surface area contributed by atoms with E-state index in [1.165, 1.54) is 31.3 Å². The molecule has 0 aliphatic heterocycles. The molecule has 0 heterocycles. The molecule has 0 bridgehead atoms. The first kappa shape index (κ1) is 9.30. The van der Waals surface area contributed by atoms with Gasteiger partial charge in [0.2, 0.25) is 0 Å². The van der Waals surface area contributed by atoms with Crippen LogP contribution in [0.3, 0.4) is 0 Å². The summed E-state index contributed by atoms with van der Waals surface area (Å²) in [5.41, 5.74) is 1.33. The van der Waals surface area contributed by atoms with Crippen LogP contribution in [-0.2, 0) is 4.84 Å². The summed E-state index contributed by atoms with van der Waals surface area (Å²) in [6, 6.07) is 0. The molecule has 0 atom stereocenters. The van der Waals surface area contributed by atoms with E-state index in [0.717, 1.165) is 13.0 Å². The maximum atomic E-state index is 5.01. The third-order valence-electron chi connectivity index (χ3n) is 1.91. The highest BCUT2D eigenvalue weighted by molar-refractivity contribution is 5.78. The average molecular weight is 167 g/mol. The van der Waals surface area contributed by atoms with Gasteiger partial charge in [-0.2, -0.15) is 0 Å². The minimum Gasteiger partial charge on any atom is -0.396 e. The maximum absolute atomic E-state index is 5.01. The second-order valence-electron chi connectivity index (χ2n) is 3.09. The van der Waals surface area contributed by atoms with Gasteiger partial charge in [0.1, 0.15) is 6.61 Å². The maximum Gasteiger partial charge on any atom is 0.116 e. The summed E-state index contributed by atoms with van der Waals surface area (Å²) < 4.78 is 0. The van der Waals surface area contributed by atoms with E-state index in [4.69, 9.17) is 4.84 Å². The SMILES string of the molecule is CCCON=CC1=CCCCC1. The van der Waals surface area contributed by atoms with Crippen molar-refractivity contribution in [3.05, 3.63) is 11.6 Å². The third-order valence-corrected chi connectivity index (χ3v) is 1.91. The third kappa shape index (κ3) is 3.56. The molecule has 0 unspecified atom stereocenters. The zero-order chi connectivity index (χ0) is 8.65. The van der Waals surface area contributed by atoms with Crippen LogP contribution < -0.4 is 0 Å². The van der Waals surface area contributed by atoms with E-state index in [9.17, 15) is 0 Å². The molecule has 0 aromatic carbocycles. The highest BCUT2D eigenvalue weighted by atomic mass is 16.6. The number of hydrogen-bond acceptors (Lipinski definition) is 2.